The minimum atomic E-state index is -0.173. The summed E-state index contributed by atoms with van der Waals surface area (Å²) in [6.45, 7) is 4.00. The maximum atomic E-state index is 12.3. The van der Waals surface area contributed by atoms with Crippen molar-refractivity contribution in [2.45, 2.75) is 20.4 Å². The first-order chi connectivity index (χ1) is 11.5. The monoisotopic (exact) mass is 341 g/mol. The van der Waals surface area contributed by atoms with Gasteiger partial charge < -0.3 is 9.84 Å². The predicted octanol–water partition coefficient (Wildman–Crippen LogP) is 3.94. The maximum Gasteiger partial charge on any atom is 0.251 e. The number of benzene rings is 2. The molecule has 1 heterocycles. The molecule has 0 fully saturated rings. The van der Waals surface area contributed by atoms with E-state index in [0.717, 1.165) is 11.1 Å². The number of hydrogen-bond donors (Lipinski definition) is 1. The first-order valence-corrected chi connectivity index (χ1v) is 7.85. The van der Waals surface area contributed by atoms with E-state index in [-0.39, 0.29) is 12.5 Å². The van der Waals surface area contributed by atoms with E-state index in [0.29, 0.717) is 27.9 Å². The van der Waals surface area contributed by atoms with Gasteiger partial charge in [0, 0.05) is 11.1 Å². The van der Waals surface area contributed by atoms with Crippen molar-refractivity contribution in [1.82, 2.24) is 15.5 Å². The van der Waals surface area contributed by atoms with Gasteiger partial charge in [-0.3, -0.25) is 4.79 Å². The van der Waals surface area contributed by atoms with Crippen molar-refractivity contribution in [2.24, 2.45) is 0 Å². The van der Waals surface area contributed by atoms with Crippen LogP contribution in [-0.4, -0.2) is 16.0 Å². The molecule has 0 bridgehead atoms. The van der Waals surface area contributed by atoms with Crippen LogP contribution in [0.1, 0.15) is 27.4 Å². The largest absolute Gasteiger partial charge is 0.343 e. The van der Waals surface area contributed by atoms with E-state index in [2.05, 4.69) is 15.5 Å². The highest BCUT2D eigenvalue weighted by Crippen LogP contribution is 2.24. The lowest BCUT2D eigenvalue weighted by atomic mass is 10.1. The van der Waals surface area contributed by atoms with E-state index < -0.39 is 0 Å². The molecule has 0 aliphatic rings. The molecule has 0 radical (unpaired) electrons. The molecule has 24 heavy (non-hydrogen) atoms. The van der Waals surface area contributed by atoms with Crippen LogP contribution in [0.15, 0.2) is 47.0 Å². The molecule has 0 unspecified atom stereocenters. The Morgan fingerprint density at radius 3 is 2.79 bits per heavy atom. The zero-order chi connectivity index (χ0) is 17.1. The van der Waals surface area contributed by atoms with Crippen LogP contribution in [0, 0.1) is 13.8 Å². The molecular weight excluding hydrogens is 326 g/mol. The molecule has 0 spiro atoms. The molecule has 122 valence electrons. The summed E-state index contributed by atoms with van der Waals surface area (Å²) in [5.41, 5.74) is 3.28. The first kappa shape index (κ1) is 16.2. The fourth-order valence-electron chi connectivity index (χ4n) is 2.31. The van der Waals surface area contributed by atoms with Crippen molar-refractivity contribution in [3.63, 3.8) is 0 Å². The maximum absolute atomic E-state index is 12.3. The molecule has 1 aromatic heterocycles. The van der Waals surface area contributed by atoms with Gasteiger partial charge in [0.1, 0.15) is 0 Å². The van der Waals surface area contributed by atoms with Crippen molar-refractivity contribution < 1.29 is 9.32 Å². The standard InChI is InChI=1S/C18H16ClN3O2/c1-11-7-8-12(2)14(9-11)18(23)20-10-16-21-17(22-24-16)13-5-3-4-6-15(13)19/h3-9H,10H2,1-2H3,(H,20,23). The SMILES string of the molecule is Cc1ccc(C)c(C(=O)NCc2nc(-c3ccccc3Cl)no2)c1. The molecule has 1 amide bonds. The topological polar surface area (TPSA) is 68.0 Å². The third-order valence-electron chi connectivity index (χ3n) is 3.62. The van der Waals surface area contributed by atoms with Gasteiger partial charge in [-0.2, -0.15) is 4.98 Å². The van der Waals surface area contributed by atoms with Gasteiger partial charge in [0.2, 0.25) is 11.7 Å². The highest BCUT2D eigenvalue weighted by Gasteiger charge is 2.14. The number of carbonyl (C=O) groups excluding carboxylic acids is 1. The van der Waals surface area contributed by atoms with Gasteiger partial charge >= 0.3 is 0 Å². The summed E-state index contributed by atoms with van der Waals surface area (Å²) in [5, 5.41) is 7.25. The number of nitrogens with zero attached hydrogens (tertiary/aromatic N) is 2. The Labute approximate surface area is 144 Å². The Morgan fingerprint density at radius 2 is 2.00 bits per heavy atom. The molecule has 5 nitrogen and oxygen atoms in total. The highest BCUT2D eigenvalue weighted by atomic mass is 35.5. The van der Waals surface area contributed by atoms with Gasteiger partial charge in [0.15, 0.2) is 0 Å². The summed E-state index contributed by atoms with van der Waals surface area (Å²) in [4.78, 5) is 16.6. The number of rotatable bonds is 4. The Hall–Kier alpha value is -2.66. The third kappa shape index (κ3) is 3.46. The number of carbonyl (C=O) groups is 1. The average molecular weight is 342 g/mol. The van der Waals surface area contributed by atoms with Crippen molar-refractivity contribution >= 4 is 17.5 Å². The lowest BCUT2D eigenvalue weighted by Crippen LogP contribution is -2.23. The normalized spacial score (nSPS) is 10.6. The van der Waals surface area contributed by atoms with Gasteiger partial charge in [0.25, 0.3) is 5.91 Å². The van der Waals surface area contributed by atoms with Crippen molar-refractivity contribution in [1.29, 1.82) is 0 Å². The first-order valence-electron chi connectivity index (χ1n) is 7.47. The Balaban J connectivity index is 1.71. The number of halogens is 1. The minimum absolute atomic E-state index is 0.156. The zero-order valence-electron chi connectivity index (χ0n) is 13.3. The van der Waals surface area contributed by atoms with Gasteiger partial charge in [-0.15, -0.1) is 0 Å². The average Bonchev–Trinajstić information content (AvgIpc) is 3.04. The summed E-state index contributed by atoms with van der Waals surface area (Å²) >= 11 is 6.12. The van der Waals surface area contributed by atoms with E-state index in [1.165, 1.54) is 0 Å². The molecule has 0 aliphatic carbocycles. The molecular formula is C18H16ClN3O2. The van der Waals surface area contributed by atoms with E-state index in [1.807, 2.05) is 50.2 Å². The second-order valence-electron chi connectivity index (χ2n) is 5.49. The van der Waals surface area contributed by atoms with Crippen LogP contribution in [0.3, 0.4) is 0 Å². The van der Waals surface area contributed by atoms with Crippen molar-refractivity contribution in [3.8, 4) is 11.4 Å². The van der Waals surface area contributed by atoms with Crippen LogP contribution in [0.25, 0.3) is 11.4 Å². The summed E-state index contributed by atoms with van der Waals surface area (Å²) in [5.74, 6) is 0.550. The molecule has 1 N–H and O–H groups in total. The van der Waals surface area contributed by atoms with E-state index in [1.54, 1.807) is 6.07 Å². The van der Waals surface area contributed by atoms with Crippen LogP contribution in [0.4, 0.5) is 0 Å². The van der Waals surface area contributed by atoms with Crippen LogP contribution >= 0.6 is 11.6 Å². The fraction of sp³-hybridized carbons (Fsp3) is 0.167. The molecule has 0 atom stereocenters. The van der Waals surface area contributed by atoms with Crippen LogP contribution in [0.2, 0.25) is 5.02 Å². The quantitative estimate of drug-likeness (QED) is 0.780. The Morgan fingerprint density at radius 1 is 1.21 bits per heavy atom. The number of nitrogens with one attached hydrogen (secondary N) is 1. The van der Waals surface area contributed by atoms with Gasteiger partial charge in [-0.1, -0.05) is 46.6 Å². The summed E-state index contributed by atoms with van der Waals surface area (Å²) in [7, 11) is 0. The number of aryl methyl sites for hydroxylation is 2. The zero-order valence-corrected chi connectivity index (χ0v) is 14.1. The smallest absolute Gasteiger partial charge is 0.251 e. The second-order valence-corrected chi connectivity index (χ2v) is 5.90. The molecule has 0 saturated heterocycles. The lowest BCUT2D eigenvalue weighted by Gasteiger charge is -2.06. The van der Waals surface area contributed by atoms with Crippen LogP contribution in [0.5, 0.6) is 0 Å². The van der Waals surface area contributed by atoms with Crippen molar-refractivity contribution in [2.75, 3.05) is 0 Å². The minimum Gasteiger partial charge on any atom is -0.343 e. The van der Waals surface area contributed by atoms with Gasteiger partial charge in [0.05, 0.1) is 11.6 Å². The fourth-order valence-corrected chi connectivity index (χ4v) is 2.53. The van der Waals surface area contributed by atoms with E-state index in [4.69, 9.17) is 16.1 Å². The summed E-state index contributed by atoms with van der Waals surface area (Å²) in [6, 6.07) is 13.0. The van der Waals surface area contributed by atoms with Gasteiger partial charge in [-0.05, 0) is 37.6 Å². The molecule has 0 aliphatic heterocycles. The lowest BCUT2D eigenvalue weighted by molar-refractivity contribution is 0.0945. The molecule has 0 saturated carbocycles. The highest BCUT2D eigenvalue weighted by molar-refractivity contribution is 6.33. The molecule has 3 rings (SSSR count). The molecule has 6 heteroatoms. The molecule has 3 aromatic rings. The van der Waals surface area contributed by atoms with Crippen molar-refractivity contribution in [3.05, 3.63) is 70.1 Å². The van der Waals surface area contributed by atoms with Crippen LogP contribution < -0.4 is 5.32 Å². The predicted molar refractivity (Wildman–Crippen MR) is 91.8 cm³/mol. The van der Waals surface area contributed by atoms with E-state index >= 15 is 0 Å². The van der Waals surface area contributed by atoms with Crippen LogP contribution in [-0.2, 0) is 6.54 Å². The number of aromatic nitrogens is 2. The summed E-state index contributed by atoms with van der Waals surface area (Å²) in [6.07, 6.45) is 0. The van der Waals surface area contributed by atoms with Gasteiger partial charge in [-0.25, -0.2) is 0 Å². The Bertz CT molecular complexity index is 889. The number of amides is 1. The van der Waals surface area contributed by atoms with E-state index in [9.17, 15) is 4.79 Å². The summed E-state index contributed by atoms with van der Waals surface area (Å²) < 4.78 is 5.18. The second kappa shape index (κ2) is 6.84. The molecule has 2 aromatic carbocycles. The number of hydrogen-bond acceptors (Lipinski definition) is 4. The third-order valence-corrected chi connectivity index (χ3v) is 3.95. The Kier molecular flexibility index (Phi) is 4.62.